The summed E-state index contributed by atoms with van der Waals surface area (Å²) in [6, 6.07) is 82.0. The van der Waals surface area contributed by atoms with Crippen molar-refractivity contribution in [2.24, 2.45) is 0 Å². The molecule has 1 aliphatic heterocycles. The Labute approximate surface area is 389 Å². The third kappa shape index (κ3) is 4.94. The Balaban J connectivity index is 0.00000433. The Morgan fingerprint density at radius 1 is 0.391 bits per heavy atom. The zero-order chi connectivity index (χ0) is 41.8. The summed E-state index contributed by atoms with van der Waals surface area (Å²) >= 11 is 0. The normalized spacial score (nSPS) is 16.0. The Morgan fingerprint density at radius 2 is 0.766 bits per heavy atom. The van der Waals surface area contributed by atoms with Crippen LogP contribution in [0.25, 0.3) is 33.4 Å². The van der Waals surface area contributed by atoms with Gasteiger partial charge in [-0.15, -0.1) is 22.3 Å². The molecule has 0 fully saturated rings. The minimum absolute atomic E-state index is 0. The van der Waals surface area contributed by atoms with Crippen LogP contribution in [0.5, 0.6) is 0 Å². The van der Waals surface area contributed by atoms with Crippen LogP contribution in [0.4, 0.5) is 0 Å². The number of fused-ring (bicyclic) bond motifs is 9. The van der Waals surface area contributed by atoms with Gasteiger partial charge in [0.25, 0.3) is 0 Å². The van der Waals surface area contributed by atoms with Crippen LogP contribution in [0.3, 0.4) is 0 Å². The van der Waals surface area contributed by atoms with E-state index in [1.165, 1.54) is 66.8 Å². The van der Waals surface area contributed by atoms with Gasteiger partial charge in [0.2, 0.25) is 0 Å². The molecule has 308 valence electrons. The number of pyridine rings is 1. The van der Waals surface area contributed by atoms with Crippen molar-refractivity contribution in [1.29, 1.82) is 0 Å². The molecule has 0 radical (unpaired) electrons. The first-order chi connectivity index (χ1) is 31.2. The summed E-state index contributed by atoms with van der Waals surface area (Å²) in [4.78, 5) is 9.70. The molecule has 0 saturated heterocycles. The van der Waals surface area contributed by atoms with Crippen molar-refractivity contribution in [2.45, 2.75) is 16.4 Å². The molecule has 0 unspecified atom stereocenters. The molecular formula is C60H40N3Pt-3. The van der Waals surface area contributed by atoms with E-state index in [4.69, 9.17) is 4.98 Å². The van der Waals surface area contributed by atoms with Crippen LogP contribution in [-0.4, -0.2) is 21.8 Å². The number of benzene rings is 8. The van der Waals surface area contributed by atoms with Gasteiger partial charge in [-0.05, 0) is 98.3 Å². The molecule has 4 heteroatoms. The van der Waals surface area contributed by atoms with Gasteiger partial charge in [-0.3, -0.25) is 4.98 Å². The van der Waals surface area contributed by atoms with Gasteiger partial charge in [0.1, 0.15) is 0 Å². The van der Waals surface area contributed by atoms with E-state index in [-0.39, 0.29) is 21.1 Å². The van der Waals surface area contributed by atoms with Crippen LogP contribution in [-0.2, 0) is 37.4 Å². The molecule has 8 aromatic carbocycles. The zero-order valence-corrected chi connectivity index (χ0v) is 37.3. The smallest absolute Gasteiger partial charge is 0.0686 e. The topological polar surface area (TPSA) is 19.4 Å². The first-order valence-electron chi connectivity index (χ1n) is 21.8. The van der Waals surface area contributed by atoms with E-state index < -0.39 is 16.4 Å². The Bertz CT molecular complexity index is 3200. The minimum Gasteiger partial charge on any atom is -0.511 e. The molecule has 1 aromatic heterocycles. The number of hydrogen-bond donors (Lipinski definition) is 0. The number of nitrogens with zero attached hydrogens (tertiary/aromatic N) is 3. The van der Waals surface area contributed by atoms with E-state index >= 15 is 0 Å². The van der Waals surface area contributed by atoms with E-state index in [1.807, 2.05) is 12.3 Å². The maximum absolute atomic E-state index is 5.18. The van der Waals surface area contributed by atoms with Gasteiger partial charge in [-0.2, -0.15) is 55.2 Å². The second-order valence-corrected chi connectivity index (χ2v) is 17.1. The van der Waals surface area contributed by atoms with Crippen molar-refractivity contribution in [1.82, 2.24) is 14.8 Å². The summed E-state index contributed by atoms with van der Waals surface area (Å²) in [7, 11) is 2.10. The molecule has 13 rings (SSSR count). The van der Waals surface area contributed by atoms with Crippen molar-refractivity contribution in [2.75, 3.05) is 7.05 Å². The average Bonchev–Trinajstić information content (AvgIpc) is 4.09. The van der Waals surface area contributed by atoms with Crippen molar-refractivity contribution in [3.8, 4) is 33.4 Å². The third-order valence-electron chi connectivity index (χ3n) is 14.2. The number of aromatic nitrogens is 1. The van der Waals surface area contributed by atoms with Gasteiger partial charge in [-0.1, -0.05) is 152 Å². The van der Waals surface area contributed by atoms with Crippen LogP contribution < -0.4 is 0 Å². The zero-order valence-electron chi connectivity index (χ0n) is 35.0. The summed E-state index contributed by atoms with van der Waals surface area (Å²) in [5, 5.41) is 0. The summed E-state index contributed by atoms with van der Waals surface area (Å²) < 4.78 is 0. The molecule has 0 atom stereocenters. The molecule has 64 heavy (non-hydrogen) atoms. The molecule has 0 N–H and O–H groups in total. The van der Waals surface area contributed by atoms with Gasteiger partial charge in [0.15, 0.2) is 0 Å². The fraction of sp³-hybridized carbons (Fsp3) is 0.0667. The minimum atomic E-state index is -0.775. The largest absolute Gasteiger partial charge is 0.511 e. The predicted molar refractivity (Wildman–Crippen MR) is 251 cm³/mol. The number of rotatable bonds is 6. The van der Waals surface area contributed by atoms with E-state index in [1.54, 1.807) is 0 Å². The Hall–Kier alpha value is -7.06. The fourth-order valence-electron chi connectivity index (χ4n) is 11.9. The summed E-state index contributed by atoms with van der Waals surface area (Å²) in [6.45, 7) is 2.21. The van der Waals surface area contributed by atoms with E-state index in [2.05, 4.69) is 242 Å². The van der Waals surface area contributed by atoms with Gasteiger partial charge in [-0.25, -0.2) is 0 Å². The first-order valence-corrected chi connectivity index (χ1v) is 21.8. The van der Waals surface area contributed by atoms with E-state index in [0.29, 0.717) is 0 Å². The molecule has 9 aromatic rings. The molecule has 3 aliphatic carbocycles. The van der Waals surface area contributed by atoms with Crippen LogP contribution in [0.2, 0.25) is 0 Å². The molecule has 0 bridgehead atoms. The van der Waals surface area contributed by atoms with Gasteiger partial charge < -0.3 is 9.80 Å². The Morgan fingerprint density at radius 3 is 1.20 bits per heavy atom. The Kier molecular flexibility index (Phi) is 8.74. The van der Waals surface area contributed by atoms with Crippen molar-refractivity contribution in [3.63, 3.8) is 0 Å². The molecular weight excluding hydrogens is 958 g/mol. The molecule has 0 amide bonds. The molecule has 2 heterocycles. The van der Waals surface area contributed by atoms with E-state index in [9.17, 15) is 0 Å². The van der Waals surface area contributed by atoms with Crippen LogP contribution in [0.1, 0.15) is 61.3 Å². The van der Waals surface area contributed by atoms with E-state index in [0.717, 1.165) is 27.9 Å². The molecule has 0 saturated carbocycles. The van der Waals surface area contributed by atoms with Gasteiger partial charge in [0, 0.05) is 32.7 Å². The standard InChI is InChI=1S/C60H40N3.Pt/c1-62-36-37-63(40-62)60(55-32-12-6-26-49(55)50-27-7-13-33-56(50)60)44-21-17-19-42(39-44)58(51-28-8-2-22-45(51)46-23-3-9-29-52(46)58)41-18-16-20-43(38-41)59(57-34-14-15-35-61-57)53-30-10-4-24-47(53)48-25-5-11-31-54(48)59;/h2-37,40H,1H3;/q-3;. The summed E-state index contributed by atoms with van der Waals surface area (Å²) in [5.74, 6) is 0. The predicted octanol–water partition coefficient (Wildman–Crippen LogP) is 12.5. The van der Waals surface area contributed by atoms with Crippen LogP contribution in [0, 0.1) is 18.8 Å². The first kappa shape index (κ1) is 38.6. The van der Waals surface area contributed by atoms with Crippen LogP contribution >= 0.6 is 0 Å². The van der Waals surface area contributed by atoms with Crippen molar-refractivity contribution >= 4 is 0 Å². The molecule has 3 nitrogen and oxygen atoms in total. The van der Waals surface area contributed by atoms with Crippen LogP contribution in [0.15, 0.2) is 219 Å². The summed E-state index contributed by atoms with van der Waals surface area (Å²) in [5.41, 5.74) is 17.8. The number of hydrogen-bond acceptors (Lipinski definition) is 3. The molecule has 4 aliphatic rings. The monoisotopic (exact) mass is 997 g/mol. The maximum atomic E-state index is 5.18. The van der Waals surface area contributed by atoms with Gasteiger partial charge in [0.05, 0.1) is 16.6 Å². The van der Waals surface area contributed by atoms with Crippen molar-refractivity contribution < 1.29 is 21.1 Å². The SMILES string of the molecule is CN1C=CN(C2(c3[c-]c(C4(c5[c-]c(C6(c7ccccn7)c7ccccc7-c7ccccc76)ccc5)c5ccccc5-c5ccccc54)ccc3)c3ccccc3-c3ccccc32)[CH-]1.[Pt]. The van der Waals surface area contributed by atoms with Crippen molar-refractivity contribution in [3.05, 3.63) is 299 Å². The maximum Gasteiger partial charge on any atom is 0.0686 e. The average molecular weight is 998 g/mol. The quantitative estimate of drug-likeness (QED) is 0.155. The second kappa shape index (κ2) is 14.5. The van der Waals surface area contributed by atoms with Gasteiger partial charge >= 0.3 is 0 Å². The fourth-order valence-corrected chi connectivity index (χ4v) is 11.9. The molecule has 0 spiro atoms. The second-order valence-electron chi connectivity index (χ2n) is 17.1. The summed E-state index contributed by atoms with van der Waals surface area (Å²) in [6.07, 6.45) is 6.27. The third-order valence-corrected chi connectivity index (χ3v) is 14.2.